The van der Waals surface area contributed by atoms with E-state index in [-0.39, 0.29) is 5.78 Å². The summed E-state index contributed by atoms with van der Waals surface area (Å²) < 4.78 is 10.7. The molecule has 0 saturated heterocycles. The first-order valence-corrected chi connectivity index (χ1v) is 9.81. The lowest BCUT2D eigenvalue weighted by molar-refractivity contribution is -0.160. The summed E-state index contributed by atoms with van der Waals surface area (Å²) in [7, 11) is 1.23. The molecular weight excluding hydrogens is 380 g/mol. The fourth-order valence-electron chi connectivity index (χ4n) is 5.19. The van der Waals surface area contributed by atoms with E-state index in [1.54, 1.807) is 25.1 Å². The van der Waals surface area contributed by atoms with Crippen LogP contribution in [0.15, 0.2) is 60.7 Å². The molecule has 0 amide bonds. The Morgan fingerprint density at radius 1 is 1.00 bits per heavy atom. The zero-order chi connectivity index (χ0) is 21.3. The lowest BCUT2D eigenvalue weighted by Crippen LogP contribution is -2.39. The predicted molar refractivity (Wildman–Crippen MR) is 110 cm³/mol. The summed E-state index contributed by atoms with van der Waals surface area (Å²) in [5.74, 6) is -2.00. The number of aryl methyl sites for hydroxylation is 1. The van der Waals surface area contributed by atoms with Gasteiger partial charge < -0.3 is 9.47 Å². The summed E-state index contributed by atoms with van der Waals surface area (Å²) in [6.07, 6.45) is 0. The summed E-state index contributed by atoms with van der Waals surface area (Å²) in [6, 6.07) is 18.4. The van der Waals surface area contributed by atoms with Crippen molar-refractivity contribution in [2.75, 3.05) is 7.11 Å². The molecule has 5 heteroatoms. The van der Waals surface area contributed by atoms with Gasteiger partial charge in [0.2, 0.25) is 0 Å². The molecule has 3 aromatic rings. The summed E-state index contributed by atoms with van der Waals surface area (Å²) in [6.45, 7) is 3.61. The van der Waals surface area contributed by atoms with Crippen LogP contribution in [-0.2, 0) is 14.3 Å². The first-order chi connectivity index (χ1) is 14.4. The van der Waals surface area contributed by atoms with Gasteiger partial charge in [0, 0.05) is 17.0 Å². The summed E-state index contributed by atoms with van der Waals surface area (Å²) >= 11 is 0. The fourth-order valence-corrected chi connectivity index (χ4v) is 5.19. The number of ketones is 1. The van der Waals surface area contributed by atoms with E-state index < -0.39 is 28.7 Å². The van der Waals surface area contributed by atoms with Gasteiger partial charge >= 0.3 is 11.9 Å². The highest BCUT2D eigenvalue weighted by molar-refractivity contribution is 6.21. The van der Waals surface area contributed by atoms with E-state index in [2.05, 4.69) is 0 Å². The number of methoxy groups -OCH3 is 1. The lowest BCUT2D eigenvalue weighted by atomic mass is 9.86. The minimum Gasteiger partial charge on any atom is -0.468 e. The monoisotopic (exact) mass is 400 g/mol. The molecule has 3 aromatic carbocycles. The van der Waals surface area contributed by atoms with Gasteiger partial charge in [0.05, 0.1) is 12.5 Å². The number of ether oxygens (including phenoxy) is 2. The Balaban J connectivity index is 1.78. The average molecular weight is 400 g/mol. The zero-order valence-electron chi connectivity index (χ0n) is 16.9. The third-order valence-corrected chi connectivity index (χ3v) is 6.78. The van der Waals surface area contributed by atoms with Crippen LogP contribution in [-0.4, -0.2) is 24.8 Å². The van der Waals surface area contributed by atoms with Gasteiger partial charge in [-0.2, -0.15) is 0 Å². The van der Waals surface area contributed by atoms with E-state index in [0.717, 1.165) is 16.3 Å². The number of esters is 2. The summed E-state index contributed by atoms with van der Waals surface area (Å²) in [4.78, 5) is 39.9. The topological polar surface area (TPSA) is 69.7 Å². The Morgan fingerprint density at radius 3 is 2.40 bits per heavy atom. The molecule has 3 atom stereocenters. The van der Waals surface area contributed by atoms with Gasteiger partial charge in [-0.15, -0.1) is 0 Å². The van der Waals surface area contributed by atoms with Crippen LogP contribution in [0.1, 0.15) is 34.3 Å². The number of Topliss-reactive ketones (excluding diaryl/α,β-unsaturated/α-hetero) is 1. The minimum absolute atomic E-state index is 0.268. The average Bonchev–Trinajstić information content (AvgIpc) is 3.35. The highest BCUT2D eigenvalue weighted by Crippen LogP contribution is 2.79. The van der Waals surface area contributed by atoms with E-state index in [4.69, 9.17) is 9.47 Å². The molecule has 0 unspecified atom stereocenters. The number of hydrogen-bond acceptors (Lipinski definition) is 5. The van der Waals surface area contributed by atoms with E-state index in [1.165, 1.54) is 7.11 Å². The van der Waals surface area contributed by atoms with Crippen molar-refractivity contribution in [1.29, 1.82) is 0 Å². The molecule has 1 aliphatic heterocycles. The molecule has 1 heterocycles. The molecule has 0 spiro atoms. The van der Waals surface area contributed by atoms with Crippen molar-refractivity contribution in [3.63, 3.8) is 0 Å². The second-order valence-corrected chi connectivity index (χ2v) is 8.22. The second kappa shape index (κ2) is 6.02. The summed E-state index contributed by atoms with van der Waals surface area (Å²) in [5.41, 5.74) is -0.817. The molecule has 0 N–H and O–H groups in total. The van der Waals surface area contributed by atoms with E-state index in [0.29, 0.717) is 16.9 Å². The molecule has 5 rings (SSSR count). The number of rotatable bonds is 3. The molecule has 2 aliphatic rings. The maximum Gasteiger partial charge on any atom is 0.330 e. The largest absolute Gasteiger partial charge is 0.468 e. The maximum absolute atomic E-state index is 13.7. The van der Waals surface area contributed by atoms with E-state index in [9.17, 15) is 14.4 Å². The third kappa shape index (κ3) is 2.04. The van der Waals surface area contributed by atoms with Gasteiger partial charge in [-0.25, -0.2) is 0 Å². The number of fused-ring (bicyclic) bond motifs is 5. The Bertz CT molecular complexity index is 1240. The second-order valence-electron chi connectivity index (χ2n) is 8.22. The van der Waals surface area contributed by atoms with Crippen LogP contribution in [0, 0.1) is 17.8 Å². The van der Waals surface area contributed by atoms with Gasteiger partial charge in [0.25, 0.3) is 0 Å². The minimum atomic E-state index is -1.69. The van der Waals surface area contributed by atoms with Crippen LogP contribution in [0.5, 0.6) is 5.75 Å². The highest BCUT2D eigenvalue weighted by Gasteiger charge is 2.89. The molecule has 0 radical (unpaired) electrons. The smallest absolute Gasteiger partial charge is 0.330 e. The first kappa shape index (κ1) is 18.6. The van der Waals surface area contributed by atoms with Crippen LogP contribution in [0.2, 0.25) is 0 Å². The van der Waals surface area contributed by atoms with Gasteiger partial charge in [-0.3, -0.25) is 14.4 Å². The SMILES string of the molecule is COC(=O)[C@@]12C(=O)Oc3ccc4ccccc4c3[C@@H]1[C@@]2(C)C(=O)c1ccc(C)cc1. The van der Waals surface area contributed by atoms with Gasteiger partial charge in [-0.1, -0.05) is 60.2 Å². The molecule has 1 saturated carbocycles. The van der Waals surface area contributed by atoms with Gasteiger partial charge in [0.1, 0.15) is 5.75 Å². The molecule has 0 bridgehead atoms. The highest BCUT2D eigenvalue weighted by atomic mass is 16.6. The zero-order valence-corrected chi connectivity index (χ0v) is 16.9. The molecule has 150 valence electrons. The molecule has 5 nitrogen and oxygen atoms in total. The van der Waals surface area contributed by atoms with Crippen molar-refractivity contribution in [2.24, 2.45) is 10.8 Å². The van der Waals surface area contributed by atoms with Crippen molar-refractivity contribution in [2.45, 2.75) is 19.8 Å². The third-order valence-electron chi connectivity index (χ3n) is 6.78. The molecule has 0 aromatic heterocycles. The van der Waals surface area contributed by atoms with Crippen molar-refractivity contribution < 1.29 is 23.9 Å². The van der Waals surface area contributed by atoms with E-state index >= 15 is 0 Å². The van der Waals surface area contributed by atoms with E-state index in [1.807, 2.05) is 49.4 Å². The molecule has 1 fully saturated rings. The lowest BCUT2D eigenvalue weighted by Gasteiger charge is -2.22. The normalized spacial score (nSPS) is 26.4. The fraction of sp³-hybridized carbons (Fsp3) is 0.240. The molecule has 1 aliphatic carbocycles. The Labute approximate surface area is 173 Å². The summed E-state index contributed by atoms with van der Waals surface area (Å²) in [5, 5.41) is 1.81. The Kier molecular flexibility index (Phi) is 3.72. The van der Waals surface area contributed by atoms with Crippen LogP contribution >= 0.6 is 0 Å². The predicted octanol–water partition coefficient (Wildman–Crippen LogP) is 4.21. The maximum atomic E-state index is 13.7. The van der Waals surface area contributed by atoms with Crippen LogP contribution < -0.4 is 4.74 Å². The van der Waals surface area contributed by atoms with Crippen molar-refractivity contribution in [1.82, 2.24) is 0 Å². The van der Waals surface area contributed by atoms with Crippen LogP contribution in [0.4, 0.5) is 0 Å². The number of benzene rings is 3. The Hall–Kier alpha value is -3.47. The first-order valence-electron chi connectivity index (χ1n) is 9.81. The van der Waals surface area contributed by atoms with Crippen molar-refractivity contribution in [3.05, 3.63) is 77.4 Å². The number of hydrogen-bond donors (Lipinski definition) is 0. The van der Waals surface area contributed by atoms with Crippen molar-refractivity contribution >= 4 is 28.5 Å². The molecule has 30 heavy (non-hydrogen) atoms. The quantitative estimate of drug-likeness (QED) is 0.285. The Morgan fingerprint density at radius 2 is 1.70 bits per heavy atom. The number of carbonyl (C=O) groups is 3. The van der Waals surface area contributed by atoms with Crippen LogP contribution in [0.25, 0.3) is 10.8 Å². The standard InChI is InChI=1S/C25H20O5/c1-14-8-10-16(11-9-14)21(26)24(2)20-19-17-7-5-4-6-15(17)12-13-18(19)30-23(28)25(20,24)22(27)29-3/h4-13,20H,1-3H3/t20-,24+,25-/m1/s1. The number of carbonyl (C=O) groups excluding carboxylic acids is 3. The van der Waals surface area contributed by atoms with Crippen LogP contribution in [0.3, 0.4) is 0 Å². The van der Waals surface area contributed by atoms with Crippen molar-refractivity contribution in [3.8, 4) is 5.75 Å². The van der Waals surface area contributed by atoms with Gasteiger partial charge in [-0.05, 0) is 30.7 Å². The molecular formula is C25H20O5. The van der Waals surface area contributed by atoms with Gasteiger partial charge in [0.15, 0.2) is 11.2 Å².